The van der Waals surface area contributed by atoms with Gasteiger partial charge in [0.05, 0.1) is 0 Å². The number of alkyl halides is 1. The van der Waals surface area contributed by atoms with Crippen LogP contribution in [0.1, 0.15) is 71.6 Å². The Bertz CT molecular complexity index is 437. The highest BCUT2D eigenvalue weighted by Crippen LogP contribution is 2.05. The summed E-state index contributed by atoms with van der Waals surface area (Å²) < 4.78 is 12.0. The van der Waals surface area contributed by atoms with Crippen LogP contribution in [0, 0.1) is 5.92 Å². The molecule has 0 saturated heterocycles. The van der Waals surface area contributed by atoms with E-state index in [9.17, 15) is 9.18 Å². The van der Waals surface area contributed by atoms with Crippen molar-refractivity contribution >= 4 is 5.91 Å². The van der Waals surface area contributed by atoms with Gasteiger partial charge in [-0.2, -0.15) is 0 Å². The molecule has 0 bridgehead atoms. The van der Waals surface area contributed by atoms with Gasteiger partial charge in [0, 0.05) is 6.54 Å². The van der Waals surface area contributed by atoms with Gasteiger partial charge in [0.1, 0.15) is 0 Å². The van der Waals surface area contributed by atoms with Gasteiger partial charge in [0.15, 0.2) is 6.67 Å². The molecule has 0 aliphatic carbocycles. The quantitative estimate of drug-likeness (QED) is 0.247. The molecule has 0 aromatic rings. The lowest BCUT2D eigenvalue weighted by Crippen LogP contribution is -2.29. The number of halogens is 1. The molecule has 0 aromatic carbocycles. The predicted molar refractivity (Wildman–Crippen MR) is 112 cm³/mol. The van der Waals surface area contributed by atoms with Gasteiger partial charge in [-0.05, 0) is 50.9 Å². The topological polar surface area (TPSA) is 29.1 Å². The number of unbranched alkanes of at least 4 members (excludes halogenated alkanes) is 3. The van der Waals surface area contributed by atoms with E-state index in [0.29, 0.717) is 12.5 Å². The van der Waals surface area contributed by atoms with Crippen LogP contribution in [0.2, 0.25) is 0 Å². The number of allylic oxidation sites excluding steroid dienone is 8. The van der Waals surface area contributed by atoms with Crippen LogP contribution in [0.5, 0.6) is 0 Å². The summed E-state index contributed by atoms with van der Waals surface area (Å²) in [4.78, 5) is 10.8. The smallest absolute Gasteiger partial charge is 0.251 e. The fourth-order valence-electron chi connectivity index (χ4n) is 2.38. The minimum atomic E-state index is -0.927. The van der Waals surface area contributed by atoms with E-state index in [2.05, 4.69) is 67.8 Å². The molecule has 1 atom stereocenters. The molecule has 26 heavy (non-hydrogen) atoms. The largest absolute Gasteiger partial charge is 0.354 e. The van der Waals surface area contributed by atoms with Crippen LogP contribution in [0.4, 0.5) is 4.39 Å². The van der Waals surface area contributed by atoms with E-state index in [1.54, 1.807) is 0 Å². The maximum Gasteiger partial charge on any atom is 0.251 e. The molecule has 2 nitrogen and oxygen atoms in total. The summed E-state index contributed by atoms with van der Waals surface area (Å²) in [6.07, 6.45) is 27.8. The first-order valence-electron chi connectivity index (χ1n) is 10.1. The first-order valence-corrected chi connectivity index (χ1v) is 10.1. The van der Waals surface area contributed by atoms with E-state index in [-0.39, 0.29) is 0 Å². The highest BCUT2D eigenvalue weighted by atomic mass is 19.1. The molecule has 0 aliphatic rings. The Hall–Kier alpha value is -1.64. The van der Waals surface area contributed by atoms with Gasteiger partial charge in [-0.3, -0.25) is 4.79 Å². The molecule has 1 N–H and O–H groups in total. The lowest BCUT2D eigenvalue weighted by atomic mass is 10.1. The second-order valence-electron chi connectivity index (χ2n) is 6.71. The van der Waals surface area contributed by atoms with Gasteiger partial charge in [0.25, 0.3) is 5.91 Å². The van der Waals surface area contributed by atoms with Gasteiger partial charge in [-0.15, -0.1) is 0 Å². The molecule has 0 fully saturated rings. The first-order chi connectivity index (χ1) is 12.7. The molecule has 0 rings (SSSR count). The highest BCUT2D eigenvalue weighted by Gasteiger charge is 2.03. The summed E-state index contributed by atoms with van der Waals surface area (Å²) in [6, 6.07) is 0. The van der Waals surface area contributed by atoms with Gasteiger partial charge < -0.3 is 5.32 Å². The Morgan fingerprint density at radius 2 is 1.42 bits per heavy atom. The van der Waals surface area contributed by atoms with E-state index in [1.807, 2.05) is 0 Å². The number of amides is 1. The molecule has 0 saturated carbocycles. The maximum atomic E-state index is 12.0. The van der Waals surface area contributed by atoms with Crippen LogP contribution in [0.25, 0.3) is 0 Å². The van der Waals surface area contributed by atoms with Crippen molar-refractivity contribution < 1.29 is 9.18 Å². The highest BCUT2D eigenvalue weighted by molar-refractivity contribution is 5.76. The zero-order valence-electron chi connectivity index (χ0n) is 16.8. The molecular weight excluding hydrogens is 325 g/mol. The van der Waals surface area contributed by atoms with E-state index in [1.165, 1.54) is 25.7 Å². The Labute approximate surface area is 160 Å². The summed E-state index contributed by atoms with van der Waals surface area (Å²) >= 11 is 0. The van der Waals surface area contributed by atoms with Crippen molar-refractivity contribution in [1.29, 1.82) is 0 Å². The van der Waals surface area contributed by atoms with Crippen LogP contribution < -0.4 is 5.32 Å². The fraction of sp³-hybridized carbons (Fsp3) is 0.609. The van der Waals surface area contributed by atoms with Crippen molar-refractivity contribution in [2.24, 2.45) is 5.92 Å². The van der Waals surface area contributed by atoms with Gasteiger partial charge in [0.2, 0.25) is 0 Å². The Morgan fingerprint density at radius 3 is 1.96 bits per heavy atom. The standard InChI is InChI=1S/C23H38FNO/c1-3-4-5-6-7-8-9-10-11-12-13-14-15-16-17-18-19-22(2)21-25-23(26)20-24/h7-8,10-11,13-14,16-17,22H,3-6,9,12,15,18-21H2,1-2H3,(H,25,26). The Kier molecular flexibility index (Phi) is 18.4. The van der Waals surface area contributed by atoms with Crippen LogP contribution in [0.15, 0.2) is 48.6 Å². The number of hydrogen-bond donors (Lipinski definition) is 1. The normalized spacial score (nSPS) is 13.5. The summed E-state index contributed by atoms with van der Waals surface area (Å²) in [6.45, 7) is 3.93. The van der Waals surface area contributed by atoms with Crippen molar-refractivity contribution in [1.82, 2.24) is 5.32 Å². The van der Waals surface area contributed by atoms with E-state index in [0.717, 1.165) is 32.1 Å². The van der Waals surface area contributed by atoms with Crippen LogP contribution in [-0.2, 0) is 4.79 Å². The molecular formula is C23H38FNO. The second kappa shape index (κ2) is 19.7. The number of nitrogens with one attached hydrogen (secondary N) is 1. The van der Waals surface area contributed by atoms with E-state index >= 15 is 0 Å². The molecule has 0 aliphatic heterocycles. The monoisotopic (exact) mass is 363 g/mol. The van der Waals surface area contributed by atoms with Crippen molar-refractivity contribution in [3.8, 4) is 0 Å². The third-order valence-corrected chi connectivity index (χ3v) is 4.05. The average molecular weight is 364 g/mol. The molecule has 3 heteroatoms. The molecule has 0 radical (unpaired) electrons. The molecule has 1 amide bonds. The average Bonchev–Trinajstić information content (AvgIpc) is 2.65. The van der Waals surface area contributed by atoms with Crippen molar-refractivity contribution in [2.75, 3.05) is 13.2 Å². The maximum absolute atomic E-state index is 12.0. The minimum Gasteiger partial charge on any atom is -0.354 e. The molecule has 0 aromatic heterocycles. The first kappa shape index (κ1) is 24.4. The SMILES string of the molecule is CCCCCC=CCC=CCC=CCC=CCCC(C)CNC(=O)CF. The van der Waals surface area contributed by atoms with Crippen LogP contribution in [0.3, 0.4) is 0 Å². The van der Waals surface area contributed by atoms with Crippen molar-refractivity contribution in [3.05, 3.63) is 48.6 Å². The number of carbonyl (C=O) groups excluding carboxylic acids is 1. The summed E-state index contributed by atoms with van der Waals surface area (Å²) in [7, 11) is 0. The third kappa shape index (κ3) is 18.7. The van der Waals surface area contributed by atoms with Crippen LogP contribution >= 0.6 is 0 Å². The summed E-state index contributed by atoms with van der Waals surface area (Å²) in [5, 5.41) is 2.58. The zero-order valence-corrected chi connectivity index (χ0v) is 16.8. The van der Waals surface area contributed by atoms with Gasteiger partial charge in [-0.25, -0.2) is 4.39 Å². The zero-order chi connectivity index (χ0) is 19.3. The lowest BCUT2D eigenvalue weighted by molar-refractivity contribution is -0.122. The molecule has 148 valence electrons. The predicted octanol–water partition coefficient (Wildman–Crippen LogP) is 6.46. The molecule has 1 unspecified atom stereocenters. The van der Waals surface area contributed by atoms with Gasteiger partial charge >= 0.3 is 0 Å². The summed E-state index contributed by atoms with van der Waals surface area (Å²) in [5.74, 6) is -0.147. The van der Waals surface area contributed by atoms with Crippen LogP contribution in [-0.4, -0.2) is 19.1 Å². The van der Waals surface area contributed by atoms with Crippen molar-refractivity contribution in [2.45, 2.75) is 71.6 Å². The number of rotatable bonds is 16. The minimum absolute atomic E-state index is 0.372. The molecule has 0 heterocycles. The lowest BCUT2D eigenvalue weighted by Gasteiger charge is -2.10. The molecule has 0 spiro atoms. The number of carbonyl (C=O) groups is 1. The van der Waals surface area contributed by atoms with E-state index in [4.69, 9.17) is 0 Å². The number of hydrogen-bond acceptors (Lipinski definition) is 1. The third-order valence-electron chi connectivity index (χ3n) is 4.05. The summed E-state index contributed by atoms with van der Waals surface area (Å²) in [5.41, 5.74) is 0. The fourth-order valence-corrected chi connectivity index (χ4v) is 2.38. The Balaban J connectivity index is 3.52. The van der Waals surface area contributed by atoms with Gasteiger partial charge in [-0.1, -0.05) is 75.3 Å². The second-order valence-corrected chi connectivity index (χ2v) is 6.71. The van der Waals surface area contributed by atoms with Crippen molar-refractivity contribution in [3.63, 3.8) is 0 Å². The van der Waals surface area contributed by atoms with E-state index < -0.39 is 12.6 Å². The Morgan fingerprint density at radius 1 is 0.885 bits per heavy atom.